The van der Waals surface area contributed by atoms with Gasteiger partial charge in [0.1, 0.15) is 0 Å². The van der Waals surface area contributed by atoms with Crippen LogP contribution in [0.15, 0.2) is 48.5 Å². The van der Waals surface area contributed by atoms with Gasteiger partial charge >= 0.3 is 21.7 Å². The van der Waals surface area contributed by atoms with E-state index in [9.17, 15) is 0 Å². The van der Waals surface area contributed by atoms with Gasteiger partial charge in [-0.25, -0.2) is 24.3 Å². The van der Waals surface area contributed by atoms with Gasteiger partial charge in [0.05, 0.1) is 0 Å². The minimum atomic E-state index is 0. The Bertz CT molecular complexity index is 434. The molecule has 0 nitrogen and oxygen atoms in total. The van der Waals surface area contributed by atoms with Crippen LogP contribution in [-0.4, -0.2) is 0 Å². The van der Waals surface area contributed by atoms with Crippen molar-refractivity contribution < 1.29 is 21.7 Å². The summed E-state index contributed by atoms with van der Waals surface area (Å²) in [5, 5.41) is 0. The van der Waals surface area contributed by atoms with Gasteiger partial charge in [0.2, 0.25) is 0 Å². The molecule has 0 spiro atoms. The maximum Gasteiger partial charge on any atom is 2.00 e. The molecule has 23 heavy (non-hydrogen) atoms. The van der Waals surface area contributed by atoms with E-state index in [2.05, 4.69) is 48.5 Å². The molecular formula is C22H30Ti. The van der Waals surface area contributed by atoms with Gasteiger partial charge < -0.3 is 0 Å². The molecule has 0 atom stereocenters. The summed E-state index contributed by atoms with van der Waals surface area (Å²) in [4.78, 5) is 0. The fourth-order valence-corrected chi connectivity index (χ4v) is 4.19. The first kappa shape index (κ1) is 18.7. The summed E-state index contributed by atoms with van der Waals surface area (Å²) in [5.74, 6) is 1.78. The molecule has 1 heteroatoms. The molecule has 2 saturated carbocycles. The van der Waals surface area contributed by atoms with E-state index in [4.69, 9.17) is 0 Å². The average Bonchev–Trinajstić information content (AvgIpc) is 3.31. The SMILES string of the molecule is [Ti+2].c1cc[c-](C2CCCCC2)c1.c1cc[c-](C2CCCCC2)c1. The molecule has 0 N–H and O–H groups in total. The van der Waals surface area contributed by atoms with Crippen LogP contribution in [0, 0.1) is 0 Å². The van der Waals surface area contributed by atoms with Crippen LogP contribution in [0.25, 0.3) is 0 Å². The van der Waals surface area contributed by atoms with Crippen molar-refractivity contribution in [1.29, 1.82) is 0 Å². The van der Waals surface area contributed by atoms with Crippen LogP contribution >= 0.6 is 0 Å². The molecule has 2 aromatic rings. The summed E-state index contributed by atoms with van der Waals surface area (Å²) in [6, 6.07) is 17.7. The fourth-order valence-electron chi connectivity index (χ4n) is 4.19. The normalized spacial score (nSPS) is 19.5. The van der Waals surface area contributed by atoms with Crippen LogP contribution in [0.2, 0.25) is 0 Å². The molecule has 0 aromatic heterocycles. The summed E-state index contributed by atoms with van der Waals surface area (Å²) in [6.07, 6.45) is 14.4. The first-order chi connectivity index (χ1) is 10.9. The first-order valence-electron chi connectivity index (χ1n) is 9.37. The Kier molecular flexibility index (Phi) is 8.41. The van der Waals surface area contributed by atoms with Crippen LogP contribution in [0.3, 0.4) is 0 Å². The van der Waals surface area contributed by atoms with E-state index in [1.54, 1.807) is 11.1 Å². The third-order valence-corrected chi connectivity index (χ3v) is 5.53. The van der Waals surface area contributed by atoms with Gasteiger partial charge in [-0.2, -0.15) is 35.4 Å². The van der Waals surface area contributed by atoms with Crippen molar-refractivity contribution in [3.63, 3.8) is 0 Å². The zero-order chi connectivity index (χ0) is 15.0. The Morgan fingerprint density at radius 1 is 0.478 bits per heavy atom. The third-order valence-electron chi connectivity index (χ3n) is 5.53. The van der Waals surface area contributed by atoms with Gasteiger partial charge in [-0.3, -0.25) is 0 Å². The van der Waals surface area contributed by atoms with E-state index in [1.165, 1.54) is 64.2 Å². The summed E-state index contributed by atoms with van der Waals surface area (Å²) in [5.41, 5.74) is 3.15. The molecule has 0 aliphatic heterocycles. The number of hydrogen-bond donors (Lipinski definition) is 0. The Labute approximate surface area is 157 Å². The molecule has 122 valence electrons. The average molecular weight is 342 g/mol. The molecule has 2 aromatic carbocycles. The summed E-state index contributed by atoms with van der Waals surface area (Å²) in [6.45, 7) is 0. The predicted molar refractivity (Wildman–Crippen MR) is 95.7 cm³/mol. The van der Waals surface area contributed by atoms with Crippen molar-refractivity contribution in [2.45, 2.75) is 76.0 Å². The van der Waals surface area contributed by atoms with Gasteiger partial charge in [-0.05, 0) is 0 Å². The Hall–Kier alpha value is -0.586. The van der Waals surface area contributed by atoms with Crippen LogP contribution in [0.1, 0.15) is 87.2 Å². The molecule has 0 radical (unpaired) electrons. The smallest absolute Gasteiger partial charge is 0.213 e. The van der Waals surface area contributed by atoms with Crippen LogP contribution in [0.5, 0.6) is 0 Å². The van der Waals surface area contributed by atoms with E-state index in [0.717, 1.165) is 11.8 Å². The second-order valence-corrected chi connectivity index (χ2v) is 7.11. The van der Waals surface area contributed by atoms with Gasteiger partial charge in [0.15, 0.2) is 0 Å². The molecule has 0 bridgehead atoms. The molecular weight excluding hydrogens is 312 g/mol. The molecule has 0 unspecified atom stereocenters. The fraction of sp³-hybridized carbons (Fsp3) is 0.545. The van der Waals surface area contributed by atoms with Crippen molar-refractivity contribution in [2.24, 2.45) is 0 Å². The zero-order valence-electron chi connectivity index (χ0n) is 14.3. The molecule has 2 aliphatic carbocycles. The second kappa shape index (κ2) is 10.3. The van der Waals surface area contributed by atoms with Gasteiger partial charge in [0, 0.05) is 0 Å². The van der Waals surface area contributed by atoms with E-state index >= 15 is 0 Å². The monoisotopic (exact) mass is 342 g/mol. The zero-order valence-corrected chi connectivity index (χ0v) is 15.9. The van der Waals surface area contributed by atoms with Gasteiger partial charge in [0.25, 0.3) is 0 Å². The largest absolute Gasteiger partial charge is 2.00 e. The second-order valence-electron chi connectivity index (χ2n) is 7.11. The maximum absolute atomic E-state index is 2.27. The molecule has 0 amide bonds. The van der Waals surface area contributed by atoms with Crippen molar-refractivity contribution in [2.75, 3.05) is 0 Å². The van der Waals surface area contributed by atoms with E-state index < -0.39 is 0 Å². The molecule has 4 rings (SSSR count). The van der Waals surface area contributed by atoms with Gasteiger partial charge in [-0.15, -0.1) is 0 Å². The first-order valence-corrected chi connectivity index (χ1v) is 9.37. The summed E-state index contributed by atoms with van der Waals surface area (Å²) in [7, 11) is 0. The standard InChI is InChI=1S/2C11H15.Ti/c2*1-2-6-10(7-3-1)11-8-4-5-9-11;/h2*4-5,8-10H,1-3,6-7H2;/q2*-1;+2. The van der Waals surface area contributed by atoms with E-state index in [0.29, 0.717) is 0 Å². The summed E-state index contributed by atoms with van der Waals surface area (Å²) >= 11 is 0. The quantitative estimate of drug-likeness (QED) is 0.411. The van der Waals surface area contributed by atoms with Crippen LogP contribution in [0.4, 0.5) is 0 Å². The van der Waals surface area contributed by atoms with Crippen molar-refractivity contribution in [1.82, 2.24) is 0 Å². The Morgan fingerprint density at radius 3 is 1.09 bits per heavy atom. The molecule has 2 aliphatic rings. The minimum absolute atomic E-state index is 0. The predicted octanol–water partition coefficient (Wildman–Crippen LogP) is 6.90. The van der Waals surface area contributed by atoms with Crippen molar-refractivity contribution >= 4 is 0 Å². The van der Waals surface area contributed by atoms with Crippen LogP contribution in [-0.2, 0) is 21.7 Å². The van der Waals surface area contributed by atoms with Crippen LogP contribution < -0.4 is 0 Å². The van der Waals surface area contributed by atoms with Crippen molar-refractivity contribution in [3.05, 3.63) is 59.7 Å². The Balaban J connectivity index is 0.000000160. The number of hydrogen-bond acceptors (Lipinski definition) is 0. The maximum atomic E-state index is 2.27. The van der Waals surface area contributed by atoms with Crippen molar-refractivity contribution in [3.8, 4) is 0 Å². The molecule has 0 heterocycles. The topological polar surface area (TPSA) is 0 Å². The van der Waals surface area contributed by atoms with E-state index in [-0.39, 0.29) is 21.7 Å². The number of rotatable bonds is 2. The molecule has 2 fully saturated rings. The molecule has 0 saturated heterocycles. The third kappa shape index (κ3) is 5.77. The van der Waals surface area contributed by atoms with Gasteiger partial charge in [-0.1, -0.05) is 76.0 Å². The summed E-state index contributed by atoms with van der Waals surface area (Å²) < 4.78 is 0. The minimum Gasteiger partial charge on any atom is -0.213 e. The van der Waals surface area contributed by atoms with E-state index in [1.807, 2.05) is 0 Å². The Morgan fingerprint density at radius 2 is 0.783 bits per heavy atom.